The fourth-order valence-corrected chi connectivity index (χ4v) is 3.53. The van der Waals surface area contributed by atoms with Crippen molar-refractivity contribution in [1.82, 2.24) is 10.3 Å². The Hall–Kier alpha value is -3.22. The molecule has 0 radical (unpaired) electrons. The first-order valence-electron chi connectivity index (χ1n) is 9.87. The first-order valence-corrected chi connectivity index (χ1v) is 9.87. The Bertz CT molecular complexity index is 844. The number of anilines is 2. The summed E-state index contributed by atoms with van der Waals surface area (Å²) in [6, 6.07) is 12.6. The van der Waals surface area contributed by atoms with Crippen LogP contribution in [-0.4, -0.2) is 22.7 Å². The largest absolute Gasteiger partial charge is 0.350 e. The molecule has 1 saturated carbocycles. The van der Waals surface area contributed by atoms with Gasteiger partial charge in [-0.1, -0.05) is 6.07 Å². The van der Waals surface area contributed by atoms with Crippen molar-refractivity contribution >= 4 is 29.1 Å². The van der Waals surface area contributed by atoms with Crippen molar-refractivity contribution < 1.29 is 14.4 Å². The Morgan fingerprint density at radius 1 is 0.862 bits per heavy atom. The van der Waals surface area contributed by atoms with E-state index in [-0.39, 0.29) is 29.6 Å². The Morgan fingerprint density at radius 2 is 1.45 bits per heavy atom. The minimum Gasteiger partial charge on any atom is -0.350 e. The van der Waals surface area contributed by atoms with Gasteiger partial charge in [0.25, 0.3) is 0 Å². The molecule has 1 fully saturated rings. The topological polar surface area (TPSA) is 100 Å². The molecule has 1 aromatic heterocycles. The van der Waals surface area contributed by atoms with Crippen LogP contribution in [0.2, 0.25) is 0 Å². The molecule has 0 aliphatic heterocycles. The van der Waals surface area contributed by atoms with Gasteiger partial charge in [0, 0.05) is 36.3 Å². The van der Waals surface area contributed by atoms with Gasteiger partial charge in [-0.2, -0.15) is 0 Å². The third kappa shape index (κ3) is 6.14. The zero-order valence-corrected chi connectivity index (χ0v) is 16.5. The number of hydrogen-bond donors (Lipinski definition) is 3. The molecular weight excluding hydrogens is 368 g/mol. The lowest BCUT2D eigenvalue weighted by atomic mass is 9.81. The molecule has 1 aliphatic rings. The zero-order chi connectivity index (χ0) is 20.6. The van der Waals surface area contributed by atoms with Crippen molar-refractivity contribution in [2.45, 2.75) is 39.2 Å². The Labute approximate surface area is 170 Å². The number of carbonyl (C=O) groups is 3. The van der Waals surface area contributed by atoms with Crippen LogP contribution in [-0.2, 0) is 20.9 Å². The SMILES string of the molecule is CC(=O)Nc1ccc(NC(=O)C2CCC(C(=O)NCc3ccccn3)CC2)cc1. The van der Waals surface area contributed by atoms with Crippen molar-refractivity contribution in [3.05, 3.63) is 54.4 Å². The van der Waals surface area contributed by atoms with E-state index in [2.05, 4.69) is 20.9 Å². The van der Waals surface area contributed by atoms with Crippen LogP contribution in [0.25, 0.3) is 0 Å². The van der Waals surface area contributed by atoms with E-state index in [1.807, 2.05) is 18.2 Å². The Morgan fingerprint density at radius 3 is 2.00 bits per heavy atom. The molecule has 3 N–H and O–H groups in total. The van der Waals surface area contributed by atoms with Gasteiger partial charge in [0.2, 0.25) is 17.7 Å². The van der Waals surface area contributed by atoms with Crippen LogP contribution in [0.3, 0.4) is 0 Å². The van der Waals surface area contributed by atoms with E-state index in [1.165, 1.54) is 6.92 Å². The summed E-state index contributed by atoms with van der Waals surface area (Å²) in [7, 11) is 0. The van der Waals surface area contributed by atoms with Crippen LogP contribution in [0, 0.1) is 11.8 Å². The first-order chi connectivity index (χ1) is 14.0. The summed E-state index contributed by atoms with van der Waals surface area (Å²) in [5, 5.41) is 8.55. The van der Waals surface area contributed by atoms with Gasteiger partial charge in [-0.15, -0.1) is 0 Å². The predicted molar refractivity (Wildman–Crippen MR) is 111 cm³/mol. The number of amides is 3. The normalized spacial score (nSPS) is 18.5. The van der Waals surface area contributed by atoms with Gasteiger partial charge in [0.1, 0.15) is 0 Å². The molecular formula is C22H26N4O3. The summed E-state index contributed by atoms with van der Waals surface area (Å²) in [6.45, 7) is 1.87. The van der Waals surface area contributed by atoms with Crippen LogP contribution >= 0.6 is 0 Å². The number of nitrogens with zero attached hydrogens (tertiary/aromatic N) is 1. The Balaban J connectivity index is 1.43. The summed E-state index contributed by atoms with van der Waals surface area (Å²) >= 11 is 0. The third-order valence-electron chi connectivity index (χ3n) is 5.11. The summed E-state index contributed by atoms with van der Waals surface area (Å²) in [4.78, 5) is 40.2. The van der Waals surface area contributed by atoms with E-state index in [0.29, 0.717) is 43.6 Å². The van der Waals surface area contributed by atoms with Crippen LogP contribution < -0.4 is 16.0 Å². The standard InChI is InChI=1S/C22H26N4O3/c1-15(27)25-18-9-11-19(12-10-18)26-22(29)17-7-5-16(6-8-17)21(28)24-14-20-4-2-3-13-23-20/h2-4,9-13,16-17H,5-8,14H2,1H3,(H,24,28)(H,25,27)(H,26,29). The monoisotopic (exact) mass is 394 g/mol. The first kappa shape index (κ1) is 20.5. The highest BCUT2D eigenvalue weighted by Crippen LogP contribution is 2.30. The predicted octanol–water partition coefficient (Wildman–Crippen LogP) is 3.10. The van der Waals surface area contributed by atoms with Gasteiger partial charge in [-0.05, 0) is 62.1 Å². The second-order valence-corrected chi connectivity index (χ2v) is 7.34. The number of pyridine rings is 1. The molecule has 0 spiro atoms. The highest BCUT2D eigenvalue weighted by atomic mass is 16.2. The average molecular weight is 394 g/mol. The molecule has 0 bridgehead atoms. The molecule has 3 rings (SSSR count). The molecule has 29 heavy (non-hydrogen) atoms. The van der Waals surface area contributed by atoms with Gasteiger partial charge >= 0.3 is 0 Å². The van der Waals surface area contributed by atoms with E-state index in [1.54, 1.807) is 30.5 Å². The van der Waals surface area contributed by atoms with Crippen LogP contribution in [0.15, 0.2) is 48.7 Å². The third-order valence-corrected chi connectivity index (χ3v) is 5.11. The number of rotatable bonds is 6. The van der Waals surface area contributed by atoms with Crippen LogP contribution in [0.1, 0.15) is 38.3 Å². The quantitative estimate of drug-likeness (QED) is 0.701. The summed E-state index contributed by atoms with van der Waals surface area (Å²) < 4.78 is 0. The molecule has 1 heterocycles. The smallest absolute Gasteiger partial charge is 0.227 e. The second-order valence-electron chi connectivity index (χ2n) is 7.34. The molecule has 3 amide bonds. The number of aromatic nitrogens is 1. The highest BCUT2D eigenvalue weighted by molar-refractivity contribution is 5.93. The second kappa shape index (κ2) is 9.82. The van der Waals surface area contributed by atoms with Gasteiger partial charge in [-0.25, -0.2) is 0 Å². The van der Waals surface area contributed by atoms with Gasteiger partial charge in [0.15, 0.2) is 0 Å². The highest BCUT2D eigenvalue weighted by Gasteiger charge is 2.29. The van der Waals surface area contributed by atoms with E-state index >= 15 is 0 Å². The number of nitrogens with one attached hydrogen (secondary N) is 3. The lowest BCUT2D eigenvalue weighted by Crippen LogP contribution is -2.35. The van der Waals surface area contributed by atoms with E-state index < -0.39 is 0 Å². The number of benzene rings is 1. The molecule has 1 aliphatic carbocycles. The fourth-order valence-electron chi connectivity index (χ4n) is 3.53. The van der Waals surface area contributed by atoms with Gasteiger partial charge < -0.3 is 16.0 Å². The zero-order valence-electron chi connectivity index (χ0n) is 16.5. The maximum atomic E-state index is 12.5. The van der Waals surface area contributed by atoms with Gasteiger partial charge in [0.05, 0.1) is 12.2 Å². The molecule has 152 valence electrons. The lowest BCUT2D eigenvalue weighted by Gasteiger charge is -2.27. The van der Waals surface area contributed by atoms with Crippen LogP contribution in [0.4, 0.5) is 11.4 Å². The summed E-state index contributed by atoms with van der Waals surface area (Å²) in [5.41, 5.74) is 2.21. The van der Waals surface area contributed by atoms with Crippen molar-refractivity contribution in [2.24, 2.45) is 11.8 Å². The average Bonchev–Trinajstić information content (AvgIpc) is 2.74. The van der Waals surface area contributed by atoms with Crippen molar-refractivity contribution in [1.29, 1.82) is 0 Å². The van der Waals surface area contributed by atoms with E-state index in [4.69, 9.17) is 0 Å². The molecule has 7 nitrogen and oxygen atoms in total. The Kier molecular flexibility index (Phi) is 6.94. The molecule has 0 unspecified atom stereocenters. The summed E-state index contributed by atoms with van der Waals surface area (Å²) in [5.74, 6) is -0.278. The number of carbonyl (C=O) groups excluding carboxylic acids is 3. The maximum Gasteiger partial charge on any atom is 0.227 e. The molecule has 0 saturated heterocycles. The van der Waals surface area contributed by atoms with E-state index in [9.17, 15) is 14.4 Å². The number of hydrogen-bond acceptors (Lipinski definition) is 4. The van der Waals surface area contributed by atoms with Crippen molar-refractivity contribution in [3.63, 3.8) is 0 Å². The lowest BCUT2D eigenvalue weighted by molar-refractivity contribution is -0.128. The minimum atomic E-state index is -0.136. The molecule has 0 atom stereocenters. The molecule has 7 heteroatoms. The van der Waals surface area contributed by atoms with Crippen molar-refractivity contribution in [3.8, 4) is 0 Å². The van der Waals surface area contributed by atoms with E-state index in [0.717, 1.165) is 5.69 Å². The summed E-state index contributed by atoms with van der Waals surface area (Å²) in [6.07, 6.45) is 4.49. The minimum absolute atomic E-state index is 0.0235. The fraction of sp³-hybridized carbons (Fsp3) is 0.364. The molecule has 1 aromatic carbocycles. The van der Waals surface area contributed by atoms with Crippen molar-refractivity contribution in [2.75, 3.05) is 10.6 Å². The maximum absolute atomic E-state index is 12.5. The van der Waals surface area contributed by atoms with Crippen LogP contribution in [0.5, 0.6) is 0 Å². The molecule has 2 aromatic rings. The van der Waals surface area contributed by atoms with Gasteiger partial charge in [-0.3, -0.25) is 19.4 Å².